The fourth-order valence-electron chi connectivity index (χ4n) is 1.72. The summed E-state index contributed by atoms with van der Waals surface area (Å²) in [6.45, 7) is 2.17. The van der Waals surface area contributed by atoms with Gasteiger partial charge in [0.1, 0.15) is 0 Å². The van der Waals surface area contributed by atoms with Crippen LogP contribution in [-0.2, 0) is 0 Å². The SMILES string of the molecule is CNC(C)c1ccccc1Sc1ccc(Cl)cc1. The van der Waals surface area contributed by atoms with Gasteiger partial charge in [0, 0.05) is 20.9 Å². The van der Waals surface area contributed by atoms with Gasteiger partial charge in [-0.1, -0.05) is 41.6 Å². The van der Waals surface area contributed by atoms with Crippen LogP contribution in [0.1, 0.15) is 18.5 Å². The minimum Gasteiger partial charge on any atom is -0.313 e. The predicted molar refractivity (Wildman–Crippen MR) is 79.5 cm³/mol. The van der Waals surface area contributed by atoms with E-state index in [-0.39, 0.29) is 0 Å². The van der Waals surface area contributed by atoms with Crippen molar-refractivity contribution in [3.05, 3.63) is 59.1 Å². The molecule has 1 nitrogen and oxygen atoms in total. The molecule has 0 aliphatic heterocycles. The molecular weight excluding hydrogens is 262 g/mol. The van der Waals surface area contributed by atoms with E-state index in [2.05, 4.69) is 36.5 Å². The first-order valence-electron chi connectivity index (χ1n) is 5.90. The molecule has 0 amide bonds. The van der Waals surface area contributed by atoms with Crippen LogP contribution in [0.5, 0.6) is 0 Å². The van der Waals surface area contributed by atoms with Crippen molar-refractivity contribution in [1.82, 2.24) is 5.32 Å². The van der Waals surface area contributed by atoms with Crippen molar-refractivity contribution in [3.8, 4) is 0 Å². The third-order valence-electron chi connectivity index (χ3n) is 2.86. The van der Waals surface area contributed by atoms with Crippen molar-refractivity contribution in [2.45, 2.75) is 22.8 Å². The van der Waals surface area contributed by atoms with E-state index in [1.165, 1.54) is 15.4 Å². The van der Waals surface area contributed by atoms with Crippen LogP contribution in [-0.4, -0.2) is 7.05 Å². The Morgan fingerprint density at radius 2 is 1.72 bits per heavy atom. The molecular formula is C15H16ClNS. The van der Waals surface area contributed by atoms with Gasteiger partial charge in [0.15, 0.2) is 0 Å². The summed E-state index contributed by atoms with van der Waals surface area (Å²) >= 11 is 7.67. The molecule has 0 fully saturated rings. The molecule has 0 saturated heterocycles. The van der Waals surface area contributed by atoms with Crippen LogP contribution >= 0.6 is 23.4 Å². The molecule has 94 valence electrons. The molecule has 0 heterocycles. The molecule has 0 bridgehead atoms. The van der Waals surface area contributed by atoms with Gasteiger partial charge in [-0.2, -0.15) is 0 Å². The molecule has 0 radical (unpaired) electrons. The summed E-state index contributed by atoms with van der Waals surface area (Å²) in [5, 5.41) is 4.06. The monoisotopic (exact) mass is 277 g/mol. The fraction of sp³-hybridized carbons (Fsp3) is 0.200. The molecule has 0 aliphatic rings. The van der Waals surface area contributed by atoms with Gasteiger partial charge in [0.05, 0.1) is 0 Å². The van der Waals surface area contributed by atoms with Gasteiger partial charge in [-0.25, -0.2) is 0 Å². The van der Waals surface area contributed by atoms with Crippen molar-refractivity contribution in [1.29, 1.82) is 0 Å². The highest BCUT2D eigenvalue weighted by molar-refractivity contribution is 7.99. The lowest BCUT2D eigenvalue weighted by Crippen LogP contribution is -2.12. The number of nitrogens with one attached hydrogen (secondary N) is 1. The molecule has 0 spiro atoms. The Hall–Kier alpha value is -0.960. The standard InChI is InChI=1S/C15H16ClNS/c1-11(17-2)14-5-3-4-6-15(14)18-13-9-7-12(16)8-10-13/h3-11,17H,1-2H3. The van der Waals surface area contributed by atoms with Crippen LogP contribution in [0.3, 0.4) is 0 Å². The van der Waals surface area contributed by atoms with E-state index in [0.29, 0.717) is 6.04 Å². The summed E-state index contributed by atoms with van der Waals surface area (Å²) in [5.41, 5.74) is 1.32. The van der Waals surface area contributed by atoms with E-state index >= 15 is 0 Å². The number of hydrogen-bond donors (Lipinski definition) is 1. The van der Waals surface area contributed by atoms with Gasteiger partial charge >= 0.3 is 0 Å². The second-order valence-electron chi connectivity index (χ2n) is 4.10. The van der Waals surface area contributed by atoms with E-state index in [4.69, 9.17) is 11.6 Å². The summed E-state index contributed by atoms with van der Waals surface area (Å²) in [7, 11) is 1.98. The molecule has 18 heavy (non-hydrogen) atoms. The zero-order valence-corrected chi connectivity index (χ0v) is 12.1. The van der Waals surface area contributed by atoms with E-state index in [1.54, 1.807) is 11.8 Å². The molecule has 2 rings (SSSR count). The maximum atomic E-state index is 5.90. The third-order valence-corrected chi connectivity index (χ3v) is 4.21. The molecule has 1 N–H and O–H groups in total. The molecule has 0 saturated carbocycles. The maximum Gasteiger partial charge on any atom is 0.0406 e. The largest absolute Gasteiger partial charge is 0.313 e. The molecule has 2 aromatic carbocycles. The van der Waals surface area contributed by atoms with Gasteiger partial charge in [0.25, 0.3) is 0 Å². The first-order valence-corrected chi connectivity index (χ1v) is 7.10. The summed E-state index contributed by atoms with van der Waals surface area (Å²) in [4.78, 5) is 2.48. The van der Waals surface area contributed by atoms with Crippen molar-refractivity contribution in [2.24, 2.45) is 0 Å². The third kappa shape index (κ3) is 3.29. The second kappa shape index (κ2) is 6.28. The lowest BCUT2D eigenvalue weighted by molar-refractivity contribution is 0.641. The van der Waals surface area contributed by atoms with Crippen molar-refractivity contribution < 1.29 is 0 Å². The quantitative estimate of drug-likeness (QED) is 0.864. The van der Waals surface area contributed by atoms with Crippen LogP contribution in [0.4, 0.5) is 0 Å². The lowest BCUT2D eigenvalue weighted by Gasteiger charge is -2.15. The van der Waals surface area contributed by atoms with Crippen LogP contribution in [0.2, 0.25) is 5.02 Å². The van der Waals surface area contributed by atoms with Crippen LogP contribution in [0, 0.1) is 0 Å². The van der Waals surface area contributed by atoms with Crippen molar-refractivity contribution in [3.63, 3.8) is 0 Å². The Morgan fingerprint density at radius 1 is 1.06 bits per heavy atom. The first kappa shape index (κ1) is 13.5. The van der Waals surface area contributed by atoms with E-state index in [0.717, 1.165) is 5.02 Å². The highest BCUT2D eigenvalue weighted by atomic mass is 35.5. The minimum atomic E-state index is 0.348. The first-order chi connectivity index (χ1) is 8.70. The zero-order chi connectivity index (χ0) is 13.0. The Morgan fingerprint density at radius 3 is 2.39 bits per heavy atom. The summed E-state index contributed by atoms with van der Waals surface area (Å²) in [6.07, 6.45) is 0. The number of hydrogen-bond acceptors (Lipinski definition) is 2. The van der Waals surface area contributed by atoms with Crippen LogP contribution in [0.25, 0.3) is 0 Å². The van der Waals surface area contributed by atoms with Gasteiger partial charge < -0.3 is 5.32 Å². The van der Waals surface area contributed by atoms with Crippen molar-refractivity contribution >= 4 is 23.4 Å². The summed E-state index contributed by atoms with van der Waals surface area (Å²) < 4.78 is 0. The van der Waals surface area contributed by atoms with Gasteiger partial charge in [-0.3, -0.25) is 0 Å². The molecule has 2 aromatic rings. The Balaban J connectivity index is 2.26. The van der Waals surface area contributed by atoms with E-state index in [9.17, 15) is 0 Å². The Labute approximate surface area is 118 Å². The normalized spacial score (nSPS) is 12.4. The number of benzene rings is 2. The average molecular weight is 278 g/mol. The van der Waals surface area contributed by atoms with Crippen LogP contribution in [0.15, 0.2) is 58.3 Å². The van der Waals surface area contributed by atoms with Gasteiger partial charge in [-0.15, -0.1) is 0 Å². The fourth-order valence-corrected chi connectivity index (χ4v) is 2.88. The second-order valence-corrected chi connectivity index (χ2v) is 5.66. The number of halogens is 1. The van der Waals surface area contributed by atoms with E-state index < -0.39 is 0 Å². The van der Waals surface area contributed by atoms with Crippen molar-refractivity contribution in [2.75, 3.05) is 7.05 Å². The minimum absolute atomic E-state index is 0.348. The molecule has 1 atom stereocenters. The molecule has 0 aliphatic carbocycles. The average Bonchev–Trinajstić information content (AvgIpc) is 2.41. The lowest BCUT2D eigenvalue weighted by atomic mass is 10.1. The van der Waals surface area contributed by atoms with Gasteiger partial charge in [-0.05, 0) is 49.9 Å². The molecule has 3 heteroatoms. The van der Waals surface area contributed by atoms with Gasteiger partial charge in [0.2, 0.25) is 0 Å². The summed E-state index contributed by atoms with van der Waals surface area (Å²) in [6, 6.07) is 16.8. The zero-order valence-electron chi connectivity index (χ0n) is 10.5. The highest BCUT2D eigenvalue weighted by Gasteiger charge is 2.09. The molecule has 1 unspecified atom stereocenters. The Kier molecular flexibility index (Phi) is 4.70. The van der Waals surface area contributed by atoms with E-state index in [1.807, 2.05) is 31.3 Å². The van der Waals surface area contributed by atoms with Crippen LogP contribution < -0.4 is 5.32 Å². The smallest absolute Gasteiger partial charge is 0.0406 e. The highest BCUT2D eigenvalue weighted by Crippen LogP contribution is 2.33. The Bertz CT molecular complexity index is 510. The topological polar surface area (TPSA) is 12.0 Å². The predicted octanol–water partition coefficient (Wildman–Crippen LogP) is 4.77. The summed E-state index contributed by atoms with van der Waals surface area (Å²) in [5.74, 6) is 0. The maximum absolute atomic E-state index is 5.90. The number of rotatable bonds is 4. The molecule has 0 aromatic heterocycles.